The standard InChI is InChI=1S/C24H34ClNO4/c1-16-7-5-8-18(3)21(30-24(28)26-14-6-13-25)12-10-17(2)15-22-20(11-9-16)19(4)23(27)29-22/h7,15,21-22H,3,5-6,8-14H2,1-2,4H3,(H,26,28)/b16-7+,17-15+/t21-,22-/m0/s1. The van der Waals surface area contributed by atoms with Crippen LogP contribution in [0.3, 0.4) is 0 Å². The van der Waals surface area contributed by atoms with E-state index in [9.17, 15) is 9.59 Å². The first-order valence-electron chi connectivity index (χ1n) is 10.7. The number of hydrogen-bond acceptors (Lipinski definition) is 4. The lowest BCUT2D eigenvalue weighted by molar-refractivity contribution is -0.138. The largest absolute Gasteiger partial charge is 0.450 e. The molecule has 30 heavy (non-hydrogen) atoms. The zero-order valence-corrected chi connectivity index (χ0v) is 19.1. The Morgan fingerprint density at radius 3 is 2.73 bits per heavy atom. The summed E-state index contributed by atoms with van der Waals surface area (Å²) in [6, 6.07) is 0. The van der Waals surface area contributed by atoms with Crippen molar-refractivity contribution in [3.05, 3.63) is 46.6 Å². The smallest absolute Gasteiger partial charge is 0.407 e. The monoisotopic (exact) mass is 435 g/mol. The number of allylic oxidation sites excluding steroid dienone is 3. The Kier molecular flexibility index (Phi) is 9.70. The third-order valence-corrected chi connectivity index (χ3v) is 5.90. The number of amides is 1. The highest BCUT2D eigenvalue weighted by Crippen LogP contribution is 2.31. The first-order chi connectivity index (χ1) is 14.3. The number of nitrogens with one attached hydrogen (secondary N) is 1. The fourth-order valence-corrected chi connectivity index (χ4v) is 3.79. The number of halogens is 1. The van der Waals surface area contributed by atoms with Crippen molar-refractivity contribution >= 4 is 23.7 Å². The first kappa shape index (κ1) is 24.3. The number of alkyl carbamates (subject to hydrolysis) is 1. The van der Waals surface area contributed by atoms with E-state index in [0.717, 1.165) is 54.4 Å². The number of alkyl halides is 1. The van der Waals surface area contributed by atoms with Crippen LogP contribution in [-0.2, 0) is 14.3 Å². The highest BCUT2D eigenvalue weighted by Gasteiger charge is 2.29. The molecular weight excluding hydrogens is 402 g/mol. The summed E-state index contributed by atoms with van der Waals surface area (Å²) in [7, 11) is 0. The zero-order chi connectivity index (χ0) is 22.1. The normalized spacial score (nSPS) is 27.2. The fourth-order valence-electron chi connectivity index (χ4n) is 3.66. The molecular formula is C24H34ClNO4. The number of esters is 1. The molecule has 1 aliphatic carbocycles. The molecule has 166 valence electrons. The van der Waals surface area contributed by atoms with Crippen LogP contribution in [0.5, 0.6) is 0 Å². The van der Waals surface area contributed by atoms with Crippen molar-refractivity contribution in [2.24, 2.45) is 0 Å². The second kappa shape index (κ2) is 12.0. The maximum absolute atomic E-state index is 12.2. The number of carbonyl (C=O) groups is 2. The summed E-state index contributed by atoms with van der Waals surface area (Å²) in [4.78, 5) is 24.2. The van der Waals surface area contributed by atoms with Crippen LogP contribution in [0, 0.1) is 0 Å². The molecule has 0 spiro atoms. The summed E-state index contributed by atoms with van der Waals surface area (Å²) < 4.78 is 11.2. The van der Waals surface area contributed by atoms with Gasteiger partial charge in [0, 0.05) is 18.0 Å². The van der Waals surface area contributed by atoms with Crippen LogP contribution in [0.4, 0.5) is 4.79 Å². The van der Waals surface area contributed by atoms with Gasteiger partial charge in [0.2, 0.25) is 0 Å². The van der Waals surface area contributed by atoms with Crippen LogP contribution in [0.2, 0.25) is 0 Å². The highest BCUT2D eigenvalue weighted by atomic mass is 35.5. The van der Waals surface area contributed by atoms with Crippen molar-refractivity contribution < 1.29 is 19.1 Å². The average Bonchev–Trinajstić information content (AvgIpc) is 2.95. The fraction of sp³-hybridized carbons (Fsp3) is 0.583. The van der Waals surface area contributed by atoms with Crippen LogP contribution in [-0.4, -0.2) is 36.7 Å². The highest BCUT2D eigenvalue weighted by molar-refractivity contribution is 6.17. The molecule has 0 radical (unpaired) electrons. The van der Waals surface area contributed by atoms with E-state index in [-0.39, 0.29) is 18.2 Å². The van der Waals surface area contributed by atoms with Gasteiger partial charge < -0.3 is 14.8 Å². The number of hydrogen-bond donors (Lipinski definition) is 1. The molecule has 0 saturated carbocycles. The van der Waals surface area contributed by atoms with Gasteiger partial charge in [-0.3, -0.25) is 0 Å². The molecule has 2 rings (SSSR count). The van der Waals surface area contributed by atoms with E-state index in [1.165, 1.54) is 5.57 Å². The summed E-state index contributed by atoms with van der Waals surface area (Å²) in [5, 5.41) is 2.74. The van der Waals surface area contributed by atoms with Gasteiger partial charge in [-0.25, -0.2) is 9.59 Å². The van der Waals surface area contributed by atoms with Crippen molar-refractivity contribution in [2.75, 3.05) is 12.4 Å². The van der Waals surface area contributed by atoms with E-state index < -0.39 is 6.09 Å². The lowest BCUT2D eigenvalue weighted by atomic mass is 9.93. The molecule has 1 N–H and O–H groups in total. The zero-order valence-electron chi connectivity index (χ0n) is 18.4. The maximum Gasteiger partial charge on any atom is 0.407 e. The first-order valence-corrected chi connectivity index (χ1v) is 11.3. The van der Waals surface area contributed by atoms with Gasteiger partial charge in [-0.15, -0.1) is 11.6 Å². The average molecular weight is 436 g/mol. The van der Waals surface area contributed by atoms with E-state index in [2.05, 4.69) is 24.9 Å². The number of carbonyl (C=O) groups excluding carboxylic acids is 2. The van der Waals surface area contributed by atoms with Crippen LogP contribution in [0.1, 0.15) is 65.7 Å². The Hall–Kier alpha value is -2.01. The van der Waals surface area contributed by atoms with Crippen LogP contribution < -0.4 is 5.32 Å². The molecule has 5 nitrogen and oxygen atoms in total. The Balaban J connectivity index is 2.15. The molecule has 1 amide bonds. The minimum atomic E-state index is -0.439. The number of rotatable bonds is 4. The Labute approximate surface area is 185 Å². The van der Waals surface area contributed by atoms with Crippen molar-refractivity contribution in [1.29, 1.82) is 0 Å². The van der Waals surface area contributed by atoms with E-state index in [1.807, 2.05) is 19.9 Å². The molecule has 2 aliphatic rings. The predicted octanol–water partition coefficient (Wildman–Crippen LogP) is 5.76. The van der Waals surface area contributed by atoms with E-state index in [0.29, 0.717) is 25.3 Å². The van der Waals surface area contributed by atoms with Crippen LogP contribution >= 0.6 is 11.6 Å². The van der Waals surface area contributed by atoms with Crippen LogP contribution in [0.15, 0.2) is 46.6 Å². The summed E-state index contributed by atoms with van der Waals surface area (Å²) in [5.74, 6) is 0.265. The minimum Gasteiger partial charge on any atom is -0.450 e. The maximum atomic E-state index is 12.2. The van der Waals surface area contributed by atoms with Gasteiger partial charge in [-0.1, -0.05) is 23.8 Å². The van der Waals surface area contributed by atoms with Crippen molar-refractivity contribution in [1.82, 2.24) is 5.32 Å². The summed E-state index contributed by atoms with van der Waals surface area (Å²) in [6.07, 6.45) is 8.54. The summed E-state index contributed by atoms with van der Waals surface area (Å²) in [5.41, 5.74) is 5.09. The molecule has 0 saturated heterocycles. The molecule has 1 aliphatic heterocycles. The van der Waals surface area contributed by atoms with E-state index >= 15 is 0 Å². The van der Waals surface area contributed by atoms with Gasteiger partial charge in [-0.2, -0.15) is 0 Å². The molecule has 0 aromatic heterocycles. The van der Waals surface area contributed by atoms with Gasteiger partial charge in [-0.05, 0) is 82.9 Å². The molecule has 2 atom stereocenters. The second-order valence-electron chi connectivity index (χ2n) is 8.14. The third-order valence-electron chi connectivity index (χ3n) is 5.63. The minimum absolute atomic E-state index is 0.229. The van der Waals surface area contributed by atoms with Gasteiger partial charge >= 0.3 is 12.1 Å². The molecule has 0 unspecified atom stereocenters. The SMILES string of the molecule is C=C1CC/C=C(\C)CCC2=C(C)C(=O)O[C@H]2/C=C(\C)CC[C@@H]1OC(=O)NCCCCl. The van der Waals surface area contributed by atoms with E-state index in [4.69, 9.17) is 21.1 Å². The van der Waals surface area contributed by atoms with Crippen molar-refractivity contribution in [3.8, 4) is 0 Å². The lowest BCUT2D eigenvalue weighted by Gasteiger charge is -2.21. The quantitative estimate of drug-likeness (QED) is 0.264. The summed E-state index contributed by atoms with van der Waals surface area (Å²) in [6.45, 7) is 10.7. The van der Waals surface area contributed by atoms with E-state index in [1.54, 1.807) is 0 Å². The Morgan fingerprint density at radius 2 is 2.00 bits per heavy atom. The molecule has 0 aromatic carbocycles. The second-order valence-corrected chi connectivity index (χ2v) is 8.52. The molecule has 1 heterocycles. The molecule has 0 bridgehead atoms. The van der Waals surface area contributed by atoms with Gasteiger partial charge in [0.25, 0.3) is 0 Å². The summed E-state index contributed by atoms with van der Waals surface area (Å²) >= 11 is 5.66. The Bertz CT molecular complexity index is 750. The third kappa shape index (κ3) is 7.35. The lowest BCUT2D eigenvalue weighted by Crippen LogP contribution is -2.30. The topological polar surface area (TPSA) is 64.6 Å². The number of ether oxygens (including phenoxy) is 2. The number of fused-ring (bicyclic) bond motifs is 1. The molecule has 6 heteroatoms. The Morgan fingerprint density at radius 1 is 1.23 bits per heavy atom. The van der Waals surface area contributed by atoms with Gasteiger partial charge in [0.05, 0.1) is 0 Å². The van der Waals surface area contributed by atoms with Gasteiger partial charge in [0.1, 0.15) is 12.2 Å². The van der Waals surface area contributed by atoms with Crippen molar-refractivity contribution in [3.63, 3.8) is 0 Å². The van der Waals surface area contributed by atoms with Gasteiger partial charge in [0.15, 0.2) is 0 Å². The van der Waals surface area contributed by atoms with Crippen molar-refractivity contribution in [2.45, 2.75) is 77.9 Å². The predicted molar refractivity (Wildman–Crippen MR) is 121 cm³/mol. The molecule has 0 fully saturated rings. The van der Waals surface area contributed by atoms with Crippen LogP contribution in [0.25, 0.3) is 0 Å². The molecule has 0 aromatic rings.